The monoisotopic (exact) mass is 475 g/mol. The number of likely N-dealkylation sites (N-methyl/N-ethyl adjacent to an activating group) is 1. The summed E-state index contributed by atoms with van der Waals surface area (Å²) in [5, 5.41) is 8.40. The number of hydrogen-bond acceptors (Lipinski definition) is 8. The third kappa shape index (κ3) is 3.84. The standard InChI is InChI=1S/C24H22FN7OS/c1-31-10-17(25)21(11-31)33-20-6-14(15-8-29-32(2)9-15)5-19-23(20)24(27-12-26-19)30-16-3-4-18-22(7-16)34-13-28-18/h3-9,12-13,17,21H,10-11H2,1-2H3,(H,26,27,30)/t17-,21-/m0/s1. The first kappa shape index (κ1) is 20.9. The van der Waals surface area contributed by atoms with Crippen LogP contribution in [-0.4, -0.2) is 62.0 Å². The minimum atomic E-state index is -1.07. The first-order valence-electron chi connectivity index (χ1n) is 10.9. The van der Waals surface area contributed by atoms with Gasteiger partial charge in [-0.2, -0.15) is 5.10 Å². The molecule has 10 heteroatoms. The Hall–Kier alpha value is -3.63. The van der Waals surface area contributed by atoms with Crippen molar-refractivity contribution in [3.8, 4) is 16.9 Å². The van der Waals surface area contributed by atoms with Crippen LogP contribution in [0, 0.1) is 0 Å². The van der Waals surface area contributed by atoms with E-state index in [-0.39, 0.29) is 0 Å². The molecule has 8 nitrogen and oxygen atoms in total. The van der Waals surface area contributed by atoms with Crippen molar-refractivity contribution >= 4 is 44.0 Å². The number of nitrogens with zero attached hydrogens (tertiary/aromatic N) is 6. The number of rotatable bonds is 5. The van der Waals surface area contributed by atoms with Gasteiger partial charge in [-0.1, -0.05) is 0 Å². The van der Waals surface area contributed by atoms with Gasteiger partial charge >= 0.3 is 0 Å². The van der Waals surface area contributed by atoms with Gasteiger partial charge in [0, 0.05) is 37.6 Å². The highest BCUT2D eigenvalue weighted by Gasteiger charge is 2.33. The lowest BCUT2D eigenvalue weighted by Crippen LogP contribution is -2.27. The molecule has 5 aromatic rings. The minimum Gasteiger partial charge on any atom is -0.485 e. The highest BCUT2D eigenvalue weighted by Crippen LogP contribution is 2.38. The molecule has 2 atom stereocenters. The minimum absolute atomic E-state index is 0.349. The van der Waals surface area contributed by atoms with Crippen LogP contribution in [0.4, 0.5) is 15.9 Å². The summed E-state index contributed by atoms with van der Waals surface area (Å²) in [7, 11) is 3.76. The van der Waals surface area contributed by atoms with Gasteiger partial charge in [-0.3, -0.25) is 9.58 Å². The SMILES string of the molecule is CN1C[C@H](Oc2cc(-c3cnn(C)c3)cc3ncnc(Nc4ccc5ncsc5c4)c23)[C@@H](F)C1. The van der Waals surface area contributed by atoms with Crippen molar-refractivity contribution in [1.82, 2.24) is 29.6 Å². The van der Waals surface area contributed by atoms with E-state index in [1.54, 1.807) is 22.2 Å². The number of aromatic nitrogens is 5. The van der Waals surface area contributed by atoms with Crippen molar-refractivity contribution < 1.29 is 9.13 Å². The molecule has 1 aliphatic rings. The number of thiazole rings is 1. The maximum Gasteiger partial charge on any atom is 0.151 e. The van der Waals surface area contributed by atoms with Crippen LogP contribution in [0.25, 0.3) is 32.2 Å². The predicted octanol–water partition coefficient (Wildman–Crippen LogP) is 4.41. The molecule has 6 rings (SSSR count). The second kappa shape index (κ2) is 8.30. The Kier molecular flexibility index (Phi) is 5.11. The summed E-state index contributed by atoms with van der Waals surface area (Å²) in [4.78, 5) is 15.3. The third-order valence-corrected chi connectivity index (χ3v) is 6.79. The van der Waals surface area contributed by atoms with Crippen molar-refractivity contribution in [3.63, 3.8) is 0 Å². The van der Waals surface area contributed by atoms with E-state index < -0.39 is 12.3 Å². The molecule has 1 fully saturated rings. The molecule has 0 unspecified atom stereocenters. The van der Waals surface area contributed by atoms with Gasteiger partial charge in [-0.05, 0) is 42.9 Å². The summed E-state index contributed by atoms with van der Waals surface area (Å²) < 4.78 is 23.8. The van der Waals surface area contributed by atoms with Crippen LogP contribution in [0.3, 0.4) is 0 Å². The van der Waals surface area contributed by atoms with E-state index in [9.17, 15) is 4.39 Å². The first-order chi connectivity index (χ1) is 16.5. The van der Waals surface area contributed by atoms with Gasteiger partial charge in [0.05, 0.1) is 32.8 Å². The van der Waals surface area contributed by atoms with Gasteiger partial charge < -0.3 is 10.1 Å². The zero-order valence-corrected chi connectivity index (χ0v) is 19.5. The molecule has 1 aliphatic heterocycles. The number of ether oxygens (including phenoxy) is 1. The lowest BCUT2D eigenvalue weighted by atomic mass is 10.1. The molecular weight excluding hydrogens is 453 g/mol. The van der Waals surface area contributed by atoms with E-state index in [1.165, 1.54) is 6.33 Å². The molecule has 172 valence electrons. The topological polar surface area (TPSA) is 81.0 Å². The van der Waals surface area contributed by atoms with E-state index in [1.807, 2.05) is 61.0 Å². The number of nitrogens with one attached hydrogen (secondary N) is 1. The number of hydrogen-bond donors (Lipinski definition) is 1. The average molecular weight is 476 g/mol. The van der Waals surface area contributed by atoms with Gasteiger partial charge in [0.1, 0.15) is 24.0 Å². The van der Waals surface area contributed by atoms with Gasteiger partial charge in [0.25, 0.3) is 0 Å². The van der Waals surface area contributed by atoms with Crippen LogP contribution in [-0.2, 0) is 7.05 Å². The fourth-order valence-electron chi connectivity index (χ4n) is 4.33. The van der Waals surface area contributed by atoms with Gasteiger partial charge in [-0.25, -0.2) is 19.3 Å². The molecule has 2 aromatic carbocycles. The summed E-state index contributed by atoms with van der Waals surface area (Å²) >= 11 is 1.58. The van der Waals surface area contributed by atoms with Crippen LogP contribution in [0.5, 0.6) is 5.75 Å². The Morgan fingerprint density at radius 1 is 1.06 bits per heavy atom. The fraction of sp³-hybridized carbons (Fsp3) is 0.250. The Labute approximate surface area is 199 Å². The van der Waals surface area contributed by atoms with Crippen molar-refractivity contribution in [2.45, 2.75) is 12.3 Å². The van der Waals surface area contributed by atoms with E-state index in [4.69, 9.17) is 4.74 Å². The van der Waals surface area contributed by atoms with E-state index >= 15 is 0 Å². The van der Waals surface area contributed by atoms with Crippen molar-refractivity contribution in [3.05, 3.63) is 54.6 Å². The molecule has 4 heterocycles. The number of anilines is 2. The quantitative estimate of drug-likeness (QED) is 0.403. The van der Waals surface area contributed by atoms with Gasteiger partial charge in [0.2, 0.25) is 0 Å². The Morgan fingerprint density at radius 3 is 2.76 bits per heavy atom. The van der Waals surface area contributed by atoms with Crippen LogP contribution in [0.1, 0.15) is 0 Å². The lowest BCUT2D eigenvalue weighted by molar-refractivity contribution is 0.141. The molecule has 0 aliphatic carbocycles. The predicted molar refractivity (Wildman–Crippen MR) is 131 cm³/mol. The Balaban J connectivity index is 1.47. The summed E-state index contributed by atoms with van der Waals surface area (Å²) in [6, 6.07) is 9.87. The molecule has 0 saturated carbocycles. The number of benzene rings is 2. The van der Waals surface area contributed by atoms with Crippen LogP contribution in [0.15, 0.2) is 54.6 Å². The van der Waals surface area contributed by atoms with Crippen molar-refractivity contribution in [2.24, 2.45) is 7.05 Å². The molecule has 1 N–H and O–H groups in total. The largest absolute Gasteiger partial charge is 0.485 e. The number of halogens is 1. The maximum absolute atomic E-state index is 14.7. The summed E-state index contributed by atoms with van der Waals surface area (Å²) in [6.45, 7) is 0.861. The van der Waals surface area contributed by atoms with E-state index in [0.717, 1.165) is 27.0 Å². The second-order valence-corrected chi connectivity index (χ2v) is 9.43. The molecule has 3 aromatic heterocycles. The average Bonchev–Trinajstić information content (AvgIpc) is 3.53. The molecule has 0 amide bonds. The lowest BCUT2D eigenvalue weighted by Gasteiger charge is -2.19. The molecule has 1 saturated heterocycles. The summed E-state index contributed by atoms with van der Waals surface area (Å²) in [6.07, 6.45) is 3.60. The number of alkyl halides is 1. The molecule has 0 spiro atoms. The number of fused-ring (bicyclic) bond motifs is 2. The highest BCUT2D eigenvalue weighted by atomic mass is 32.1. The van der Waals surface area contributed by atoms with Gasteiger partial charge in [0.15, 0.2) is 6.17 Å². The number of likely N-dealkylation sites (tertiary alicyclic amines) is 1. The summed E-state index contributed by atoms with van der Waals surface area (Å²) in [5.74, 6) is 1.14. The third-order valence-electron chi connectivity index (χ3n) is 5.99. The molecule has 34 heavy (non-hydrogen) atoms. The highest BCUT2D eigenvalue weighted by molar-refractivity contribution is 7.16. The Bertz CT molecular complexity index is 1500. The van der Waals surface area contributed by atoms with E-state index in [2.05, 4.69) is 25.4 Å². The smallest absolute Gasteiger partial charge is 0.151 e. The van der Waals surface area contributed by atoms with Crippen LogP contribution in [0.2, 0.25) is 0 Å². The van der Waals surface area contributed by atoms with Crippen molar-refractivity contribution in [1.29, 1.82) is 0 Å². The maximum atomic E-state index is 14.7. The zero-order chi connectivity index (χ0) is 23.2. The van der Waals surface area contributed by atoms with E-state index in [0.29, 0.717) is 35.6 Å². The fourth-order valence-corrected chi connectivity index (χ4v) is 5.05. The van der Waals surface area contributed by atoms with Crippen LogP contribution < -0.4 is 10.1 Å². The van der Waals surface area contributed by atoms with Gasteiger partial charge in [-0.15, -0.1) is 11.3 Å². The number of aryl methyl sites for hydroxylation is 1. The zero-order valence-electron chi connectivity index (χ0n) is 18.6. The Morgan fingerprint density at radius 2 is 1.97 bits per heavy atom. The first-order valence-corrected chi connectivity index (χ1v) is 11.8. The molecule has 0 bridgehead atoms. The van der Waals surface area contributed by atoms with Crippen molar-refractivity contribution in [2.75, 3.05) is 25.5 Å². The second-order valence-electron chi connectivity index (χ2n) is 8.55. The molecular formula is C24H22FN7OS. The summed E-state index contributed by atoms with van der Waals surface area (Å²) in [5.41, 5.74) is 6.18. The normalized spacial score (nSPS) is 18.7. The van der Waals surface area contributed by atoms with Crippen LogP contribution >= 0.6 is 11.3 Å². The molecule has 0 radical (unpaired) electrons.